The van der Waals surface area contributed by atoms with E-state index in [9.17, 15) is 0 Å². The Balaban J connectivity index is 0.998. The Hall–Kier alpha value is -8.72. The van der Waals surface area contributed by atoms with Crippen molar-refractivity contribution in [2.45, 2.75) is 0 Å². The summed E-state index contributed by atoms with van der Waals surface area (Å²) in [5.74, 6) is 0. The summed E-state index contributed by atoms with van der Waals surface area (Å²) >= 11 is 0. The molecular weight excluding hydrogens is 797 g/mol. The molecule has 0 aliphatic heterocycles. The van der Waals surface area contributed by atoms with Gasteiger partial charge < -0.3 is 9.47 Å². The van der Waals surface area contributed by atoms with Crippen molar-refractivity contribution in [3.63, 3.8) is 0 Å². The van der Waals surface area contributed by atoms with Gasteiger partial charge in [-0.05, 0) is 133 Å². The molecule has 2 heteroatoms. The lowest BCUT2D eigenvalue weighted by Gasteiger charge is -2.27. The smallest absolute Gasteiger partial charge is 0.0553 e. The minimum Gasteiger partial charge on any atom is -0.310 e. The zero-order chi connectivity index (χ0) is 43.8. The Labute approximate surface area is 385 Å². The van der Waals surface area contributed by atoms with Crippen LogP contribution in [0.3, 0.4) is 0 Å². The van der Waals surface area contributed by atoms with E-state index in [1.54, 1.807) is 0 Å². The molecule has 310 valence electrons. The Kier molecular flexibility index (Phi) is 9.89. The molecule has 0 N–H and O–H groups in total. The van der Waals surface area contributed by atoms with Crippen LogP contribution in [0, 0.1) is 0 Å². The number of rotatable bonds is 9. The SMILES string of the molecule is c1ccc(-c2ccc(-c3ccc(N(c4ccc(-c5cccc(-c6ccccc6)c5)cc4)c4cccc(-c5c6ccccc6cc6c5c5ccccc5n6-c5ccccc5)c4)cc3)cc2)cc1. The van der Waals surface area contributed by atoms with Crippen molar-refractivity contribution in [1.29, 1.82) is 0 Å². The van der Waals surface area contributed by atoms with Gasteiger partial charge >= 0.3 is 0 Å². The normalized spacial score (nSPS) is 11.3. The third-order valence-corrected chi connectivity index (χ3v) is 13.0. The first-order valence-corrected chi connectivity index (χ1v) is 22.7. The van der Waals surface area contributed by atoms with Gasteiger partial charge in [-0.25, -0.2) is 0 Å². The van der Waals surface area contributed by atoms with Crippen molar-refractivity contribution in [1.82, 2.24) is 4.57 Å². The van der Waals surface area contributed by atoms with E-state index >= 15 is 0 Å². The van der Waals surface area contributed by atoms with E-state index in [0.717, 1.165) is 22.7 Å². The first-order chi connectivity index (χ1) is 32.7. The summed E-state index contributed by atoms with van der Waals surface area (Å²) in [6, 6.07) is 96.8. The molecule has 0 bridgehead atoms. The molecule has 12 rings (SSSR count). The topological polar surface area (TPSA) is 8.17 Å². The monoisotopic (exact) mass is 840 g/mol. The van der Waals surface area contributed by atoms with Gasteiger partial charge in [0.2, 0.25) is 0 Å². The molecule has 66 heavy (non-hydrogen) atoms. The van der Waals surface area contributed by atoms with Gasteiger partial charge in [0, 0.05) is 33.5 Å². The molecule has 0 aliphatic carbocycles. The highest BCUT2D eigenvalue weighted by Gasteiger charge is 2.21. The first kappa shape index (κ1) is 38.9. The third kappa shape index (κ3) is 7.12. The van der Waals surface area contributed by atoms with E-state index in [0.29, 0.717) is 0 Å². The Morgan fingerprint density at radius 2 is 0.697 bits per heavy atom. The summed E-state index contributed by atoms with van der Waals surface area (Å²) < 4.78 is 2.42. The van der Waals surface area contributed by atoms with E-state index in [2.05, 4.69) is 276 Å². The maximum Gasteiger partial charge on any atom is 0.0553 e. The van der Waals surface area contributed by atoms with Gasteiger partial charge in [0.25, 0.3) is 0 Å². The fraction of sp³-hybridized carbons (Fsp3) is 0. The molecule has 2 nitrogen and oxygen atoms in total. The van der Waals surface area contributed by atoms with Crippen molar-refractivity contribution in [2.75, 3.05) is 4.90 Å². The molecule has 0 saturated heterocycles. The lowest BCUT2D eigenvalue weighted by Crippen LogP contribution is -2.10. The predicted molar refractivity (Wildman–Crippen MR) is 280 cm³/mol. The highest BCUT2D eigenvalue weighted by molar-refractivity contribution is 6.23. The summed E-state index contributed by atoms with van der Waals surface area (Å²) in [4.78, 5) is 2.39. The van der Waals surface area contributed by atoms with E-state index in [-0.39, 0.29) is 0 Å². The van der Waals surface area contributed by atoms with Crippen LogP contribution in [-0.2, 0) is 0 Å². The number of aromatic nitrogens is 1. The molecule has 0 unspecified atom stereocenters. The Morgan fingerprint density at radius 1 is 0.258 bits per heavy atom. The summed E-state index contributed by atoms with van der Waals surface area (Å²) in [5, 5.41) is 4.93. The highest BCUT2D eigenvalue weighted by atomic mass is 15.1. The fourth-order valence-corrected chi connectivity index (χ4v) is 9.79. The van der Waals surface area contributed by atoms with E-state index in [1.165, 1.54) is 88.2 Å². The van der Waals surface area contributed by atoms with Crippen LogP contribution in [0.1, 0.15) is 0 Å². The van der Waals surface area contributed by atoms with Gasteiger partial charge in [0.1, 0.15) is 0 Å². The minimum absolute atomic E-state index is 1.08. The predicted octanol–water partition coefficient (Wildman–Crippen LogP) is 17.7. The van der Waals surface area contributed by atoms with E-state index in [1.807, 2.05) is 0 Å². The number of nitrogens with zero attached hydrogens (tertiary/aromatic N) is 2. The fourth-order valence-electron chi connectivity index (χ4n) is 9.79. The molecular formula is C64H44N2. The maximum atomic E-state index is 2.42. The number of fused-ring (bicyclic) bond motifs is 4. The Bertz CT molecular complexity index is 3650. The third-order valence-electron chi connectivity index (χ3n) is 13.0. The quantitative estimate of drug-likeness (QED) is 0.141. The highest BCUT2D eigenvalue weighted by Crippen LogP contribution is 2.45. The van der Waals surface area contributed by atoms with Crippen molar-refractivity contribution >= 4 is 49.6 Å². The molecule has 0 aliphatic rings. The molecule has 0 saturated carbocycles. The van der Waals surface area contributed by atoms with Gasteiger partial charge in [-0.15, -0.1) is 0 Å². The van der Waals surface area contributed by atoms with Crippen molar-refractivity contribution in [3.05, 3.63) is 267 Å². The minimum atomic E-state index is 1.08. The maximum absolute atomic E-state index is 2.42. The first-order valence-electron chi connectivity index (χ1n) is 22.7. The van der Waals surface area contributed by atoms with Gasteiger partial charge in [0.15, 0.2) is 0 Å². The molecule has 11 aromatic carbocycles. The van der Waals surface area contributed by atoms with Crippen molar-refractivity contribution < 1.29 is 0 Å². The van der Waals surface area contributed by atoms with Crippen LogP contribution in [0.25, 0.3) is 93.9 Å². The van der Waals surface area contributed by atoms with Crippen molar-refractivity contribution in [3.8, 4) is 61.3 Å². The molecule has 0 radical (unpaired) electrons. The summed E-state index contributed by atoms with van der Waals surface area (Å²) in [5.41, 5.74) is 18.8. The van der Waals surface area contributed by atoms with E-state index < -0.39 is 0 Å². The average Bonchev–Trinajstić information content (AvgIpc) is 3.73. The number of para-hydroxylation sites is 2. The number of benzene rings is 11. The summed E-state index contributed by atoms with van der Waals surface area (Å²) in [6.07, 6.45) is 0. The molecule has 0 atom stereocenters. The van der Waals surface area contributed by atoms with Gasteiger partial charge in [-0.2, -0.15) is 0 Å². The van der Waals surface area contributed by atoms with Crippen LogP contribution in [0.15, 0.2) is 267 Å². The molecule has 0 spiro atoms. The van der Waals surface area contributed by atoms with Crippen LogP contribution in [0.4, 0.5) is 17.1 Å². The van der Waals surface area contributed by atoms with Gasteiger partial charge in [0.05, 0.1) is 11.0 Å². The molecule has 1 heterocycles. The van der Waals surface area contributed by atoms with Crippen molar-refractivity contribution in [2.24, 2.45) is 0 Å². The second-order valence-electron chi connectivity index (χ2n) is 16.9. The molecule has 0 amide bonds. The number of hydrogen-bond acceptors (Lipinski definition) is 1. The number of anilines is 3. The van der Waals surface area contributed by atoms with Crippen LogP contribution < -0.4 is 4.90 Å². The van der Waals surface area contributed by atoms with Crippen LogP contribution in [-0.4, -0.2) is 4.57 Å². The summed E-state index contributed by atoms with van der Waals surface area (Å²) in [6.45, 7) is 0. The largest absolute Gasteiger partial charge is 0.310 e. The molecule has 1 aromatic heterocycles. The molecule has 0 fully saturated rings. The van der Waals surface area contributed by atoms with E-state index in [4.69, 9.17) is 0 Å². The standard InChI is InChI=1S/C64H44N2/c1-4-16-45(17-5-1)47-30-32-48(33-31-47)49-34-38-56(39-35-49)65(57-40-36-50(37-41-57)52-22-14-21-51(42-52)46-18-6-2-7-19-46)58-26-15-23-54(43-58)63-59-27-11-10-20-53(59)44-62-64(63)60-28-12-13-29-61(60)66(62)55-24-8-3-9-25-55/h1-44H. The summed E-state index contributed by atoms with van der Waals surface area (Å²) in [7, 11) is 0. The number of hydrogen-bond donors (Lipinski definition) is 0. The van der Waals surface area contributed by atoms with Crippen LogP contribution in [0.2, 0.25) is 0 Å². The van der Waals surface area contributed by atoms with Gasteiger partial charge in [-0.1, -0.05) is 200 Å². The Morgan fingerprint density at radius 3 is 1.32 bits per heavy atom. The second-order valence-corrected chi connectivity index (χ2v) is 16.9. The van der Waals surface area contributed by atoms with Crippen LogP contribution in [0.5, 0.6) is 0 Å². The average molecular weight is 841 g/mol. The second kappa shape index (κ2) is 16.8. The zero-order valence-corrected chi connectivity index (χ0v) is 36.3. The zero-order valence-electron chi connectivity index (χ0n) is 36.3. The lowest BCUT2D eigenvalue weighted by atomic mass is 9.92. The molecule has 12 aromatic rings. The van der Waals surface area contributed by atoms with Gasteiger partial charge in [-0.3, -0.25) is 0 Å². The van der Waals surface area contributed by atoms with Crippen LogP contribution >= 0.6 is 0 Å². The lowest BCUT2D eigenvalue weighted by molar-refractivity contribution is 1.18.